The van der Waals surface area contributed by atoms with Crippen molar-refractivity contribution in [3.8, 4) is 0 Å². The van der Waals surface area contributed by atoms with Crippen LogP contribution < -0.4 is 5.73 Å². The molecule has 0 aliphatic carbocycles. The molecule has 0 spiro atoms. The van der Waals surface area contributed by atoms with E-state index in [1.54, 1.807) is 0 Å². The molecule has 0 aromatic heterocycles. The van der Waals surface area contributed by atoms with Gasteiger partial charge in [-0.25, -0.2) is 0 Å². The van der Waals surface area contributed by atoms with Crippen molar-refractivity contribution >= 4 is 11.5 Å². The van der Waals surface area contributed by atoms with Gasteiger partial charge in [0.25, 0.3) is 0 Å². The molecule has 2 N–H and O–H groups in total. The lowest BCUT2D eigenvalue weighted by Gasteiger charge is -2.15. The molecule has 1 aromatic carbocycles. The van der Waals surface area contributed by atoms with Gasteiger partial charge in [-0.1, -0.05) is 37.3 Å². The molecule has 0 saturated carbocycles. The van der Waals surface area contributed by atoms with Crippen molar-refractivity contribution in [2.75, 3.05) is 0 Å². The Kier molecular flexibility index (Phi) is 2.31. The fourth-order valence-corrected chi connectivity index (χ4v) is 1.46. The van der Waals surface area contributed by atoms with Gasteiger partial charge >= 0.3 is 0 Å². The summed E-state index contributed by atoms with van der Waals surface area (Å²) in [5, 5.41) is 8.06. The standard InChI is InChI=1S/C11H13N3/c1-8-7-10(13-14-11(8)12)9-5-3-2-4-6-9/h2-6,8H,7H2,1H3,(H2,12,14). The molecule has 2 rings (SSSR count). The third kappa shape index (κ3) is 1.66. The van der Waals surface area contributed by atoms with Gasteiger partial charge in [0.2, 0.25) is 0 Å². The number of rotatable bonds is 1. The summed E-state index contributed by atoms with van der Waals surface area (Å²) < 4.78 is 0. The van der Waals surface area contributed by atoms with E-state index in [1.807, 2.05) is 30.3 Å². The maximum atomic E-state index is 5.66. The summed E-state index contributed by atoms with van der Waals surface area (Å²) in [5.41, 5.74) is 7.82. The lowest BCUT2D eigenvalue weighted by molar-refractivity contribution is 0.779. The molecule has 0 fully saturated rings. The van der Waals surface area contributed by atoms with E-state index < -0.39 is 0 Å². The topological polar surface area (TPSA) is 50.7 Å². The predicted octanol–water partition coefficient (Wildman–Crippen LogP) is 1.79. The number of nitrogens with zero attached hydrogens (tertiary/aromatic N) is 2. The Bertz CT molecular complexity index is 379. The van der Waals surface area contributed by atoms with Crippen LogP contribution >= 0.6 is 0 Å². The van der Waals surface area contributed by atoms with E-state index in [-0.39, 0.29) is 0 Å². The lowest BCUT2D eigenvalue weighted by Crippen LogP contribution is -2.26. The van der Waals surface area contributed by atoms with Crippen LogP contribution in [0.2, 0.25) is 0 Å². The SMILES string of the molecule is CC1CC(c2ccccc2)=NN=C1N. The monoisotopic (exact) mass is 187 g/mol. The van der Waals surface area contributed by atoms with Crippen molar-refractivity contribution in [2.45, 2.75) is 13.3 Å². The van der Waals surface area contributed by atoms with Gasteiger partial charge < -0.3 is 5.73 Å². The van der Waals surface area contributed by atoms with Crippen molar-refractivity contribution in [2.24, 2.45) is 21.9 Å². The first-order chi connectivity index (χ1) is 6.77. The van der Waals surface area contributed by atoms with E-state index in [0.29, 0.717) is 11.8 Å². The Labute approximate surface area is 83.4 Å². The van der Waals surface area contributed by atoms with Crippen LogP contribution in [-0.2, 0) is 0 Å². The van der Waals surface area contributed by atoms with Gasteiger partial charge in [0, 0.05) is 12.3 Å². The van der Waals surface area contributed by atoms with Gasteiger partial charge in [0.05, 0.1) is 5.71 Å². The minimum Gasteiger partial charge on any atom is -0.385 e. The highest BCUT2D eigenvalue weighted by molar-refractivity contribution is 6.04. The van der Waals surface area contributed by atoms with Gasteiger partial charge in [-0.2, -0.15) is 5.10 Å². The minimum absolute atomic E-state index is 0.294. The van der Waals surface area contributed by atoms with Gasteiger partial charge in [0.1, 0.15) is 5.84 Å². The molecular formula is C11H13N3. The first kappa shape index (κ1) is 8.94. The van der Waals surface area contributed by atoms with Crippen molar-refractivity contribution in [1.82, 2.24) is 0 Å². The molecule has 1 aliphatic rings. The number of hydrogen-bond donors (Lipinski definition) is 1. The molecule has 1 atom stereocenters. The molecule has 0 bridgehead atoms. The summed E-state index contributed by atoms with van der Waals surface area (Å²) in [4.78, 5) is 0. The van der Waals surface area contributed by atoms with E-state index in [1.165, 1.54) is 0 Å². The van der Waals surface area contributed by atoms with E-state index in [4.69, 9.17) is 5.73 Å². The Hall–Kier alpha value is -1.64. The van der Waals surface area contributed by atoms with E-state index in [0.717, 1.165) is 17.7 Å². The molecule has 1 aliphatic heterocycles. The fourth-order valence-electron chi connectivity index (χ4n) is 1.46. The molecule has 3 nitrogen and oxygen atoms in total. The fraction of sp³-hybridized carbons (Fsp3) is 0.273. The zero-order chi connectivity index (χ0) is 9.97. The zero-order valence-electron chi connectivity index (χ0n) is 8.14. The van der Waals surface area contributed by atoms with Crippen molar-refractivity contribution in [1.29, 1.82) is 0 Å². The summed E-state index contributed by atoms with van der Waals surface area (Å²) in [5.74, 6) is 0.924. The number of benzene rings is 1. The van der Waals surface area contributed by atoms with Crippen LogP contribution in [0.5, 0.6) is 0 Å². The van der Waals surface area contributed by atoms with Gasteiger partial charge in [-0.05, 0) is 5.56 Å². The Morgan fingerprint density at radius 3 is 2.57 bits per heavy atom. The second-order valence-corrected chi connectivity index (χ2v) is 3.54. The van der Waals surface area contributed by atoms with Crippen LogP contribution in [0.25, 0.3) is 0 Å². The molecule has 1 aromatic rings. The molecule has 0 amide bonds. The molecule has 72 valence electrons. The van der Waals surface area contributed by atoms with Crippen molar-refractivity contribution in [3.05, 3.63) is 35.9 Å². The number of amidine groups is 1. The highest BCUT2D eigenvalue weighted by atomic mass is 15.2. The average molecular weight is 187 g/mol. The maximum absolute atomic E-state index is 5.66. The first-order valence-corrected chi connectivity index (χ1v) is 4.72. The molecular weight excluding hydrogens is 174 g/mol. The summed E-state index contributed by atoms with van der Waals surface area (Å²) in [6.45, 7) is 2.07. The second kappa shape index (κ2) is 3.62. The molecule has 3 heteroatoms. The van der Waals surface area contributed by atoms with Crippen LogP contribution in [0.1, 0.15) is 18.9 Å². The van der Waals surface area contributed by atoms with E-state index in [9.17, 15) is 0 Å². The van der Waals surface area contributed by atoms with Crippen LogP contribution in [0, 0.1) is 5.92 Å². The second-order valence-electron chi connectivity index (χ2n) is 3.54. The highest BCUT2D eigenvalue weighted by Crippen LogP contribution is 2.15. The summed E-state index contributed by atoms with van der Waals surface area (Å²) >= 11 is 0. The summed E-state index contributed by atoms with van der Waals surface area (Å²) in [6.07, 6.45) is 0.874. The third-order valence-electron chi connectivity index (χ3n) is 2.40. The average Bonchev–Trinajstić information content (AvgIpc) is 2.23. The smallest absolute Gasteiger partial charge is 0.125 e. The van der Waals surface area contributed by atoms with Gasteiger partial charge in [-0.3, -0.25) is 0 Å². The first-order valence-electron chi connectivity index (χ1n) is 4.72. The van der Waals surface area contributed by atoms with E-state index in [2.05, 4.69) is 17.1 Å². The van der Waals surface area contributed by atoms with Gasteiger partial charge in [0.15, 0.2) is 0 Å². The van der Waals surface area contributed by atoms with Crippen LogP contribution in [-0.4, -0.2) is 11.5 Å². The molecule has 0 saturated heterocycles. The molecule has 0 radical (unpaired) electrons. The zero-order valence-corrected chi connectivity index (χ0v) is 8.14. The van der Waals surface area contributed by atoms with Crippen molar-refractivity contribution < 1.29 is 0 Å². The largest absolute Gasteiger partial charge is 0.385 e. The Morgan fingerprint density at radius 1 is 1.21 bits per heavy atom. The highest BCUT2D eigenvalue weighted by Gasteiger charge is 2.16. The minimum atomic E-state index is 0.294. The van der Waals surface area contributed by atoms with Crippen LogP contribution in [0.4, 0.5) is 0 Å². The third-order valence-corrected chi connectivity index (χ3v) is 2.40. The summed E-state index contributed by atoms with van der Waals surface area (Å²) in [6, 6.07) is 10.1. The lowest BCUT2D eigenvalue weighted by atomic mass is 9.97. The molecule has 1 heterocycles. The normalized spacial score (nSPS) is 21.4. The summed E-state index contributed by atoms with van der Waals surface area (Å²) in [7, 11) is 0. The van der Waals surface area contributed by atoms with E-state index >= 15 is 0 Å². The Morgan fingerprint density at radius 2 is 1.93 bits per heavy atom. The number of nitrogens with two attached hydrogens (primary N) is 1. The molecule has 14 heavy (non-hydrogen) atoms. The van der Waals surface area contributed by atoms with Crippen LogP contribution in [0.3, 0.4) is 0 Å². The number of hydrogen-bond acceptors (Lipinski definition) is 3. The predicted molar refractivity (Wildman–Crippen MR) is 58.4 cm³/mol. The Balaban J connectivity index is 2.30. The maximum Gasteiger partial charge on any atom is 0.125 e. The van der Waals surface area contributed by atoms with Crippen molar-refractivity contribution in [3.63, 3.8) is 0 Å². The molecule has 1 unspecified atom stereocenters. The van der Waals surface area contributed by atoms with Gasteiger partial charge in [-0.15, -0.1) is 5.10 Å². The quantitative estimate of drug-likeness (QED) is 0.716. The van der Waals surface area contributed by atoms with Crippen LogP contribution in [0.15, 0.2) is 40.5 Å².